The van der Waals surface area contributed by atoms with Crippen molar-refractivity contribution in [3.8, 4) is 0 Å². The predicted molar refractivity (Wildman–Crippen MR) is 89.6 cm³/mol. The lowest BCUT2D eigenvalue weighted by molar-refractivity contribution is -0.132. The first-order valence-corrected chi connectivity index (χ1v) is 7.30. The highest BCUT2D eigenvalue weighted by Gasteiger charge is 2.21. The van der Waals surface area contributed by atoms with Crippen LogP contribution in [-0.4, -0.2) is 61.4 Å². The highest BCUT2D eigenvalue weighted by Crippen LogP contribution is 2.12. The number of halogens is 1. The summed E-state index contributed by atoms with van der Waals surface area (Å²) in [4.78, 5) is 27.9. The molecule has 0 spiro atoms. The second-order valence-corrected chi connectivity index (χ2v) is 5.61. The molecule has 0 radical (unpaired) electrons. The van der Waals surface area contributed by atoms with E-state index >= 15 is 0 Å². The Morgan fingerprint density at radius 3 is 2.45 bits per heavy atom. The Morgan fingerprint density at radius 2 is 1.86 bits per heavy atom. The molecule has 1 aliphatic rings. The second-order valence-electron chi connectivity index (χ2n) is 5.61. The number of aryl methyl sites for hydroxylation is 2. The van der Waals surface area contributed by atoms with E-state index in [1.807, 2.05) is 36.9 Å². The van der Waals surface area contributed by atoms with Gasteiger partial charge in [-0.3, -0.25) is 9.59 Å². The first-order chi connectivity index (χ1) is 9.99. The lowest BCUT2D eigenvalue weighted by Gasteiger charge is -2.29. The van der Waals surface area contributed by atoms with E-state index in [2.05, 4.69) is 5.32 Å². The number of rotatable bonds is 3. The van der Waals surface area contributed by atoms with Gasteiger partial charge in [-0.1, -0.05) is 17.7 Å². The van der Waals surface area contributed by atoms with Crippen LogP contribution in [0.15, 0.2) is 18.2 Å². The molecule has 1 aromatic carbocycles. The molecular weight excluding hydrogens is 302 g/mol. The molecule has 22 heavy (non-hydrogen) atoms. The molecule has 2 rings (SSSR count). The summed E-state index contributed by atoms with van der Waals surface area (Å²) in [5.41, 5.74) is 2.74. The van der Waals surface area contributed by atoms with E-state index in [4.69, 9.17) is 0 Å². The van der Waals surface area contributed by atoms with Crippen LogP contribution in [0.25, 0.3) is 0 Å². The van der Waals surface area contributed by atoms with Crippen LogP contribution in [0.1, 0.15) is 21.5 Å². The van der Waals surface area contributed by atoms with E-state index in [-0.39, 0.29) is 30.8 Å². The van der Waals surface area contributed by atoms with Gasteiger partial charge in [-0.15, -0.1) is 12.4 Å². The molecule has 6 heteroatoms. The van der Waals surface area contributed by atoms with Crippen molar-refractivity contribution >= 4 is 24.2 Å². The minimum absolute atomic E-state index is 0. The number of piperazine rings is 1. The van der Waals surface area contributed by atoms with Crippen molar-refractivity contribution < 1.29 is 9.59 Å². The molecule has 1 heterocycles. The van der Waals surface area contributed by atoms with Gasteiger partial charge in [-0.25, -0.2) is 0 Å². The molecule has 1 N–H and O–H groups in total. The zero-order chi connectivity index (χ0) is 15.4. The average molecular weight is 326 g/mol. The number of carbonyl (C=O) groups is 2. The summed E-state index contributed by atoms with van der Waals surface area (Å²) in [6.07, 6.45) is 0. The number of nitrogens with one attached hydrogen (secondary N) is 1. The van der Waals surface area contributed by atoms with Crippen LogP contribution in [0.5, 0.6) is 0 Å². The molecule has 5 nitrogen and oxygen atoms in total. The van der Waals surface area contributed by atoms with Crippen molar-refractivity contribution in [3.05, 3.63) is 34.9 Å². The fourth-order valence-electron chi connectivity index (χ4n) is 2.55. The maximum atomic E-state index is 12.4. The molecule has 0 saturated carbocycles. The minimum atomic E-state index is -0.101. The van der Waals surface area contributed by atoms with Crippen molar-refractivity contribution in [1.82, 2.24) is 15.1 Å². The summed E-state index contributed by atoms with van der Waals surface area (Å²) >= 11 is 0. The largest absolute Gasteiger partial charge is 0.339 e. The number of hydrogen-bond donors (Lipinski definition) is 1. The summed E-state index contributed by atoms with van der Waals surface area (Å²) in [7, 11) is 1.68. The lowest BCUT2D eigenvalue weighted by Crippen LogP contribution is -2.49. The molecular formula is C16H24ClN3O2. The van der Waals surface area contributed by atoms with Crippen LogP contribution in [0.4, 0.5) is 0 Å². The summed E-state index contributed by atoms with van der Waals surface area (Å²) in [5.74, 6) is -0.0897. The Kier molecular flexibility index (Phi) is 6.84. The van der Waals surface area contributed by atoms with Crippen molar-refractivity contribution in [2.75, 3.05) is 39.8 Å². The van der Waals surface area contributed by atoms with Gasteiger partial charge in [0.2, 0.25) is 5.91 Å². The van der Waals surface area contributed by atoms with Crippen molar-refractivity contribution in [2.45, 2.75) is 13.8 Å². The van der Waals surface area contributed by atoms with Crippen molar-refractivity contribution in [2.24, 2.45) is 0 Å². The molecule has 0 aromatic heterocycles. The number of amides is 2. The first kappa shape index (κ1) is 18.5. The molecule has 0 aliphatic carbocycles. The number of likely N-dealkylation sites (N-methyl/N-ethyl adjacent to an activating group) is 1. The molecule has 1 aromatic rings. The Morgan fingerprint density at radius 1 is 1.23 bits per heavy atom. The maximum Gasteiger partial charge on any atom is 0.254 e. The molecule has 122 valence electrons. The average Bonchev–Trinajstić information content (AvgIpc) is 2.47. The van der Waals surface area contributed by atoms with Gasteiger partial charge in [-0.2, -0.15) is 0 Å². The van der Waals surface area contributed by atoms with E-state index in [1.54, 1.807) is 7.05 Å². The zero-order valence-corrected chi connectivity index (χ0v) is 14.2. The van der Waals surface area contributed by atoms with Gasteiger partial charge in [-0.05, 0) is 25.5 Å². The molecule has 0 atom stereocenters. The summed E-state index contributed by atoms with van der Waals surface area (Å²) in [6, 6.07) is 5.74. The molecule has 2 amide bonds. The SMILES string of the molecule is Cc1ccc(C(=O)N(C)CC(=O)N2CCNCC2)c(C)c1.Cl. The van der Waals surface area contributed by atoms with E-state index < -0.39 is 0 Å². The van der Waals surface area contributed by atoms with Crippen molar-refractivity contribution in [3.63, 3.8) is 0 Å². The third-order valence-corrected chi connectivity index (χ3v) is 3.80. The number of hydrogen-bond acceptors (Lipinski definition) is 3. The van der Waals surface area contributed by atoms with Gasteiger partial charge in [0.1, 0.15) is 0 Å². The van der Waals surface area contributed by atoms with E-state index in [9.17, 15) is 9.59 Å². The molecule has 0 unspecified atom stereocenters. The smallest absolute Gasteiger partial charge is 0.254 e. The molecule has 1 fully saturated rings. The number of benzene rings is 1. The fourth-order valence-corrected chi connectivity index (χ4v) is 2.55. The molecule has 0 bridgehead atoms. The summed E-state index contributed by atoms with van der Waals surface area (Å²) < 4.78 is 0. The fraction of sp³-hybridized carbons (Fsp3) is 0.500. The Labute approximate surface area is 138 Å². The topological polar surface area (TPSA) is 52.7 Å². The number of carbonyl (C=O) groups excluding carboxylic acids is 2. The van der Waals surface area contributed by atoms with E-state index in [0.29, 0.717) is 18.7 Å². The predicted octanol–water partition coefficient (Wildman–Crippen LogP) is 1.23. The lowest BCUT2D eigenvalue weighted by atomic mass is 10.0. The zero-order valence-electron chi connectivity index (χ0n) is 13.4. The standard InChI is InChI=1S/C16H23N3O2.ClH/c1-12-4-5-14(13(2)10-12)16(21)18(3)11-15(20)19-8-6-17-7-9-19;/h4-5,10,17H,6-9,11H2,1-3H3;1H. The second kappa shape index (κ2) is 8.15. The van der Waals surface area contributed by atoms with Crippen LogP contribution in [0.2, 0.25) is 0 Å². The van der Waals surface area contributed by atoms with Crippen LogP contribution < -0.4 is 5.32 Å². The van der Waals surface area contributed by atoms with Gasteiger partial charge in [0.25, 0.3) is 5.91 Å². The van der Waals surface area contributed by atoms with Crippen LogP contribution in [0, 0.1) is 13.8 Å². The van der Waals surface area contributed by atoms with Gasteiger partial charge < -0.3 is 15.1 Å². The minimum Gasteiger partial charge on any atom is -0.339 e. The van der Waals surface area contributed by atoms with Gasteiger partial charge >= 0.3 is 0 Å². The maximum absolute atomic E-state index is 12.4. The van der Waals surface area contributed by atoms with Crippen LogP contribution in [0.3, 0.4) is 0 Å². The van der Waals surface area contributed by atoms with Gasteiger partial charge in [0, 0.05) is 38.8 Å². The highest BCUT2D eigenvalue weighted by molar-refractivity contribution is 5.97. The third-order valence-electron chi connectivity index (χ3n) is 3.80. The molecule has 1 aliphatic heterocycles. The first-order valence-electron chi connectivity index (χ1n) is 7.30. The van der Waals surface area contributed by atoms with E-state index in [1.165, 1.54) is 4.90 Å². The van der Waals surface area contributed by atoms with Crippen LogP contribution >= 0.6 is 12.4 Å². The molecule has 1 saturated heterocycles. The normalized spacial score (nSPS) is 14.2. The Balaban J connectivity index is 0.00000242. The van der Waals surface area contributed by atoms with Crippen molar-refractivity contribution in [1.29, 1.82) is 0 Å². The van der Waals surface area contributed by atoms with Crippen LogP contribution in [-0.2, 0) is 4.79 Å². The quantitative estimate of drug-likeness (QED) is 0.909. The summed E-state index contributed by atoms with van der Waals surface area (Å²) in [6.45, 7) is 7.12. The van der Waals surface area contributed by atoms with Gasteiger partial charge in [0.15, 0.2) is 0 Å². The number of nitrogens with zero attached hydrogens (tertiary/aromatic N) is 2. The monoisotopic (exact) mass is 325 g/mol. The van der Waals surface area contributed by atoms with E-state index in [0.717, 1.165) is 24.2 Å². The highest BCUT2D eigenvalue weighted by atomic mass is 35.5. The third kappa shape index (κ3) is 4.45. The summed E-state index contributed by atoms with van der Waals surface area (Å²) in [5, 5.41) is 3.21. The Hall–Kier alpha value is -1.59. The Bertz CT molecular complexity index is 542. The van der Waals surface area contributed by atoms with Gasteiger partial charge in [0.05, 0.1) is 6.54 Å².